The van der Waals surface area contributed by atoms with Crippen LogP contribution in [0, 0.1) is 18.8 Å². The minimum atomic E-state index is -0.591. The molecule has 4 rings (SSSR count). The van der Waals surface area contributed by atoms with Gasteiger partial charge in [-0.25, -0.2) is 0 Å². The molecule has 1 aromatic heterocycles. The van der Waals surface area contributed by atoms with Crippen molar-refractivity contribution in [1.82, 2.24) is 9.88 Å². The van der Waals surface area contributed by atoms with Crippen LogP contribution in [-0.4, -0.2) is 46.6 Å². The van der Waals surface area contributed by atoms with Crippen LogP contribution in [0.4, 0.5) is 0 Å². The highest BCUT2D eigenvalue weighted by atomic mass is 16.5. The van der Waals surface area contributed by atoms with Gasteiger partial charge in [0.15, 0.2) is 6.61 Å². The number of carbonyl (C=O) groups excluding carboxylic acids is 4. The Kier molecular flexibility index (Phi) is 5.22. The zero-order valence-electron chi connectivity index (χ0n) is 16.4. The van der Waals surface area contributed by atoms with Crippen LogP contribution >= 0.6 is 0 Å². The first-order valence-corrected chi connectivity index (χ1v) is 10.1. The molecule has 29 heavy (non-hydrogen) atoms. The molecule has 7 heteroatoms. The monoisotopic (exact) mass is 396 g/mol. The largest absolute Gasteiger partial charge is 0.457 e. The molecule has 0 spiro atoms. The number of H-pyrrole nitrogens is 1. The lowest BCUT2D eigenvalue weighted by Gasteiger charge is -2.19. The number of fused-ring (bicyclic) bond motifs is 2. The maximum absolute atomic E-state index is 12.6. The average molecular weight is 396 g/mol. The molecule has 2 heterocycles. The summed E-state index contributed by atoms with van der Waals surface area (Å²) in [5.74, 6) is -1.66. The van der Waals surface area contributed by atoms with Crippen LogP contribution in [0.15, 0.2) is 24.3 Å². The van der Waals surface area contributed by atoms with Gasteiger partial charge in [0.1, 0.15) is 0 Å². The number of esters is 1. The number of benzene rings is 1. The van der Waals surface area contributed by atoms with E-state index in [0.29, 0.717) is 5.56 Å². The highest BCUT2D eigenvalue weighted by Crippen LogP contribution is 2.38. The Balaban J connectivity index is 1.32. The maximum Gasteiger partial charge on any atom is 0.308 e. The number of Topliss-reactive ketones (excluding diaryl/α,β-unsaturated/α-hetero) is 1. The lowest BCUT2D eigenvalue weighted by Crippen LogP contribution is -2.33. The second kappa shape index (κ2) is 7.81. The molecule has 0 unspecified atom stereocenters. The second-order valence-corrected chi connectivity index (χ2v) is 7.83. The van der Waals surface area contributed by atoms with Crippen molar-refractivity contribution >= 4 is 34.5 Å². The van der Waals surface area contributed by atoms with Gasteiger partial charge < -0.3 is 9.72 Å². The molecule has 2 amide bonds. The van der Waals surface area contributed by atoms with Gasteiger partial charge in [0.2, 0.25) is 17.6 Å². The Labute approximate surface area is 168 Å². The highest BCUT2D eigenvalue weighted by Gasteiger charge is 2.47. The van der Waals surface area contributed by atoms with Crippen LogP contribution in [-0.2, 0) is 19.1 Å². The van der Waals surface area contributed by atoms with E-state index >= 15 is 0 Å². The molecule has 1 aromatic carbocycles. The smallest absolute Gasteiger partial charge is 0.308 e. The molecule has 1 saturated carbocycles. The van der Waals surface area contributed by atoms with Crippen molar-refractivity contribution in [1.29, 1.82) is 0 Å². The number of rotatable bonds is 6. The van der Waals surface area contributed by atoms with Crippen LogP contribution < -0.4 is 0 Å². The minimum absolute atomic E-state index is 0.0177. The summed E-state index contributed by atoms with van der Waals surface area (Å²) in [4.78, 5) is 53.9. The fourth-order valence-electron chi connectivity index (χ4n) is 4.58. The molecule has 2 atom stereocenters. The molecule has 7 nitrogen and oxygen atoms in total. The zero-order valence-corrected chi connectivity index (χ0v) is 16.4. The summed E-state index contributed by atoms with van der Waals surface area (Å²) in [7, 11) is 0. The van der Waals surface area contributed by atoms with E-state index in [-0.39, 0.29) is 49.0 Å². The van der Waals surface area contributed by atoms with Crippen LogP contribution in [0.5, 0.6) is 0 Å². The van der Waals surface area contributed by atoms with E-state index in [9.17, 15) is 19.2 Å². The number of aromatic nitrogens is 1. The van der Waals surface area contributed by atoms with Gasteiger partial charge in [0, 0.05) is 28.7 Å². The van der Waals surface area contributed by atoms with Crippen molar-refractivity contribution in [3.8, 4) is 0 Å². The van der Waals surface area contributed by atoms with Gasteiger partial charge in [0.25, 0.3) is 0 Å². The topological polar surface area (TPSA) is 96.5 Å². The van der Waals surface area contributed by atoms with Crippen LogP contribution in [0.3, 0.4) is 0 Å². The normalized spacial score (nSPS) is 21.5. The molecule has 2 aliphatic rings. The van der Waals surface area contributed by atoms with Crippen molar-refractivity contribution in [2.75, 3.05) is 13.2 Å². The zero-order chi connectivity index (χ0) is 20.5. The summed E-state index contributed by atoms with van der Waals surface area (Å²) >= 11 is 0. The summed E-state index contributed by atoms with van der Waals surface area (Å²) in [6.07, 6.45) is 3.32. The standard InChI is InChI=1S/C22H24N2O5/c1-13-20(16-8-4-5-9-17(16)23-13)18(25)12-29-19(26)10-11-24-21(27)14-6-2-3-7-15(14)22(24)28/h4-5,8-9,14-15,23H,2-3,6-7,10-12H2,1H3/t14-,15-/m0/s1. The Bertz CT molecular complexity index is 968. The number of hydrogen-bond donors (Lipinski definition) is 1. The predicted octanol–water partition coefficient (Wildman–Crippen LogP) is 2.77. The Morgan fingerprint density at radius 2 is 1.76 bits per heavy atom. The number of likely N-dealkylation sites (tertiary alicyclic amines) is 1. The van der Waals surface area contributed by atoms with E-state index in [1.165, 1.54) is 4.90 Å². The molecule has 1 aliphatic heterocycles. The second-order valence-electron chi connectivity index (χ2n) is 7.83. The van der Waals surface area contributed by atoms with E-state index in [0.717, 1.165) is 42.3 Å². The van der Waals surface area contributed by atoms with E-state index in [4.69, 9.17) is 4.74 Å². The maximum atomic E-state index is 12.6. The van der Waals surface area contributed by atoms with Crippen molar-refractivity contribution in [2.45, 2.75) is 39.0 Å². The summed E-state index contributed by atoms with van der Waals surface area (Å²) in [5, 5.41) is 0.793. The fraction of sp³-hybridized carbons (Fsp3) is 0.455. The third kappa shape index (κ3) is 3.57. The van der Waals surface area contributed by atoms with Gasteiger partial charge in [0.05, 0.1) is 18.3 Å². The van der Waals surface area contributed by atoms with Crippen molar-refractivity contribution in [3.63, 3.8) is 0 Å². The van der Waals surface area contributed by atoms with Crippen molar-refractivity contribution in [3.05, 3.63) is 35.5 Å². The number of amides is 2. The number of aryl methyl sites for hydroxylation is 1. The third-order valence-electron chi connectivity index (χ3n) is 6.01. The first-order chi connectivity index (χ1) is 14.0. The first-order valence-electron chi connectivity index (χ1n) is 10.1. The lowest BCUT2D eigenvalue weighted by atomic mass is 9.81. The minimum Gasteiger partial charge on any atom is -0.457 e. The SMILES string of the molecule is Cc1[nH]c2ccccc2c1C(=O)COC(=O)CCN1C(=O)[C@H]2CCCC[C@@H]2C1=O. The van der Waals surface area contributed by atoms with E-state index in [1.54, 1.807) is 6.92 Å². The van der Waals surface area contributed by atoms with Crippen LogP contribution in [0.1, 0.15) is 48.2 Å². The van der Waals surface area contributed by atoms with Gasteiger partial charge in [-0.1, -0.05) is 31.0 Å². The van der Waals surface area contributed by atoms with Gasteiger partial charge in [-0.3, -0.25) is 24.1 Å². The van der Waals surface area contributed by atoms with Gasteiger partial charge in [-0.2, -0.15) is 0 Å². The predicted molar refractivity (Wildman–Crippen MR) is 105 cm³/mol. The van der Waals surface area contributed by atoms with Gasteiger partial charge in [-0.15, -0.1) is 0 Å². The Morgan fingerprint density at radius 1 is 1.10 bits per heavy atom. The number of ether oxygens (including phenoxy) is 1. The van der Waals surface area contributed by atoms with Crippen LogP contribution in [0.25, 0.3) is 10.9 Å². The quantitative estimate of drug-likeness (QED) is 0.460. The van der Waals surface area contributed by atoms with Gasteiger partial charge >= 0.3 is 5.97 Å². The molecule has 1 N–H and O–H groups in total. The molecular formula is C22H24N2O5. The summed E-state index contributed by atoms with van der Waals surface area (Å²) in [5.41, 5.74) is 2.10. The molecule has 152 valence electrons. The number of para-hydroxylation sites is 1. The first kappa shape index (κ1) is 19.4. The van der Waals surface area contributed by atoms with Crippen molar-refractivity contribution < 1.29 is 23.9 Å². The fourth-order valence-corrected chi connectivity index (χ4v) is 4.58. The number of imide groups is 1. The number of carbonyl (C=O) groups is 4. The third-order valence-corrected chi connectivity index (χ3v) is 6.01. The Hall–Kier alpha value is -2.96. The summed E-state index contributed by atoms with van der Waals surface area (Å²) in [6, 6.07) is 7.45. The average Bonchev–Trinajstić information content (AvgIpc) is 3.18. The molecule has 1 saturated heterocycles. The summed E-state index contributed by atoms with van der Waals surface area (Å²) < 4.78 is 5.13. The highest BCUT2D eigenvalue weighted by molar-refractivity contribution is 6.10. The number of ketones is 1. The van der Waals surface area contributed by atoms with E-state index in [1.807, 2.05) is 24.3 Å². The molecular weight excluding hydrogens is 372 g/mol. The lowest BCUT2D eigenvalue weighted by molar-refractivity contribution is -0.145. The molecule has 2 aromatic rings. The Morgan fingerprint density at radius 3 is 2.45 bits per heavy atom. The number of nitrogens with zero attached hydrogens (tertiary/aromatic N) is 1. The number of hydrogen-bond acceptors (Lipinski definition) is 5. The van der Waals surface area contributed by atoms with Crippen LogP contribution in [0.2, 0.25) is 0 Å². The molecule has 1 aliphatic carbocycles. The van der Waals surface area contributed by atoms with E-state index in [2.05, 4.69) is 4.98 Å². The molecule has 2 fully saturated rings. The van der Waals surface area contributed by atoms with E-state index < -0.39 is 5.97 Å². The van der Waals surface area contributed by atoms with Gasteiger partial charge in [-0.05, 0) is 25.8 Å². The molecule has 0 bridgehead atoms. The summed E-state index contributed by atoms with van der Waals surface area (Å²) in [6.45, 7) is 1.46. The number of nitrogens with one attached hydrogen (secondary N) is 1. The van der Waals surface area contributed by atoms with Crippen molar-refractivity contribution in [2.24, 2.45) is 11.8 Å². The number of aromatic amines is 1. The molecule has 0 radical (unpaired) electrons.